The van der Waals surface area contributed by atoms with Gasteiger partial charge < -0.3 is 10.6 Å². The fourth-order valence-electron chi connectivity index (χ4n) is 3.25. The predicted molar refractivity (Wildman–Crippen MR) is 104 cm³/mol. The van der Waals surface area contributed by atoms with E-state index in [1.165, 1.54) is 31.7 Å². The molecule has 0 bridgehead atoms. The Morgan fingerprint density at radius 1 is 1.17 bits per heavy atom. The second-order valence-electron chi connectivity index (χ2n) is 6.83. The second kappa shape index (κ2) is 8.45. The lowest BCUT2D eigenvalue weighted by molar-refractivity contribution is 0.399. The number of hydrogen-bond acceptors (Lipinski definition) is 1. The molecule has 3 rings (SSSR count). The van der Waals surface area contributed by atoms with Crippen molar-refractivity contribution < 1.29 is 8.78 Å². The quantitative estimate of drug-likeness (QED) is 0.387. The van der Waals surface area contributed by atoms with Crippen molar-refractivity contribution in [2.45, 2.75) is 38.6 Å². The molecule has 0 heterocycles. The summed E-state index contributed by atoms with van der Waals surface area (Å²) in [6.45, 7) is 2.86. The summed E-state index contributed by atoms with van der Waals surface area (Å²) in [5.41, 5.74) is 0.702. The lowest BCUT2D eigenvalue weighted by Crippen LogP contribution is -2.41. The Balaban J connectivity index is 0.00000208. The highest BCUT2D eigenvalue weighted by atomic mass is 127. The number of guanidine groups is 1. The molecule has 1 atom stereocenters. The van der Waals surface area contributed by atoms with E-state index in [1.807, 2.05) is 6.92 Å². The van der Waals surface area contributed by atoms with Gasteiger partial charge in [0.25, 0.3) is 0 Å². The molecule has 0 radical (unpaired) electrons. The van der Waals surface area contributed by atoms with Crippen molar-refractivity contribution >= 4 is 29.9 Å². The van der Waals surface area contributed by atoms with E-state index in [-0.39, 0.29) is 30.0 Å². The third-order valence-corrected chi connectivity index (χ3v) is 4.98. The van der Waals surface area contributed by atoms with Gasteiger partial charge in [0.15, 0.2) is 17.6 Å². The summed E-state index contributed by atoms with van der Waals surface area (Å²) >= 11 is 0. The van der Waals surface area contributed by atoms with E-state index in [1.54, 1.807) is 13.1 Å². The van der Waals surface area contributed by atoms with Gasteiger partial charge in [0.2, 0.25) is 0 Å². The largest absolute Gasteiger partial charge is 0.356 e. The van der Waals surface area contributed by atoms with E-state index < -0.39 is 11.6 Å². The summed E-state index contributed by atoms with van der Waals surface area (Å²) in [5.74, 6) is 1.61. The molecule has 0 amide bonds. The zero-order valence-electron chi connectivity index (χ0n) is 14.2. The highest BCUT2D eigenvalue weighted by molar-refractivity contribution is 14.0. The van der Waals surface area contributed by atoms with E-state index in [2.05, 4.69) is 15.6 Å². The van der Waals surface area contributed by atoms with E-state index in [9.17, 15) is 8.78 Å². The molecular weight excluding hydrogens is 423 g/mol. The molecule has 6 heteroatoms. The average Bonchev–Trinajstić information content (AvgIpc) is 3.42. The van der Waals surface area contributed by atoms with Gasteiger partial charge in [0, 0.05) is 13.6 Å². The summed E-state index contributed by atoms with van der Waals surface area (Å²) in [6, 6.07) is 3.85. The van der Waals surface area contributed by atoms with Crippen molar-refractivity contribution in [3.05, 3.63) is 35.4 Å². The minimum absolute atomic E-state index is 0. The summed E-state index contributed by atoms with van der Waals surface area (Å²) in [6.07, 6.45) is 5.44. The molecular formula is C18H26F2IN3. The van der Waals surface area contributed by atoms with Crippen molar-refractivity contribution in [1.82, 2.24) is 10.6 Å². The molecule has 3 nitrogen and oxygen atoms in total. The van der Waals surface area contributed by atoms with Crippen LogP contribution in [0.15, 0.2) is 23.2 Å². The van der Waals surface area contributed by atoms with Crippen LogP contribution in [0, 0.1) is 29.4 Å². The standard InChI is InChI=1S/C18H25F2N3.HI/c1-11(14-7-8-16(19)17(20)9-14)23-18(21-2)22-10-15(12-3-4-12)13-5-6-13;/h7-9,11-13,15H,3-6,10H2,1-2H3,(H2,21,22,23);1H. The van der Waals surface area contributed by atoms with Crippen LogP contribution in [0.1, 0.15) is 44.2 Å². The van der Waals surface area contributed by atoms with Gasteiger partial charge in [-0.05, 0) is 68.1 Å². The van der Waals surface area contributed by atoms with Crippen LogP contribution in [0.2, 0.25) is 0 Å². The maximum absolute atomic E-state index is 13.4. The molecule has 1 aromatic carbocycles. The zero-order valence-corrected chi connectivity index (χ0v) is 16.5. The molecule has 2 aliphatic rings. The summed E-state index contributed by atoms with van der Waals surface area (Å²) in [4.78, 5) is 4.25. The summed E-state index contributed by atoms with van der Waals surface area (Å²) < 4.78 is 26.4. The molecule has 2 aliphatic carbocycles. The Bertz CT molecular complexity index is 574. The van der Waals surface area contributed by atoms with E-state index in [0.29, 0.717) is 11.5 Å². The Morgan fingerprint density at radius 2 is 1.79 bits per heavy atom. The molecule has 24 heavy (non-hydrogen) atoms. The Hall–Kier alpha value is -0.920. The molecule has 0 aliphatic heterocycles. The molecule has 1 aromatic rings. The molecule has 1 unspecified atom stereocenters. The van der Waals surface area contributed by atoms with Gasteiger partial charge in [-0.3, -0.25) is 4.99 Å². The van der Waals surface area contributed by atoms with Crippen LogP contribution in [0.25, 0.3) is 0 Å². The summed E-state index contributed by atoms with van der Waals surface area (Å²) in [7, 11) is 1.73. The molecule has 2 saturated carbocycles. The van der Waals surface area contributed by atoms with E-state index >= 15 is 0 Å². The van der Waals surface area contributed by atoms with Gasteiger partial charge in [-0.2, -0.15) is 0 Å². The first-order valence-corrected chi connectivity index (χ1v) is 8.50. The SMILES string of the molecule is CN=C(NCC(C1CC1)C1CC1)NC(C)c1ccc(F)c(F)c1.I. The average molecular weight is 449 g/mol. The maximum Gasteiger partial charge on any atom is 0.191 e. The number of halogens is 3. The third-order valence-electron chi connectivity index (χ3n) is 4.98. The summed E-state index contributed by atoms with van der Waals surface area (Å²) in [5, 5.41) is 6.66. The zero-order chi connectivity index (χ0) is 16.4. The Labute approximate surface area is 159 Å². The Kier molecular flexibility index (Phi) is 6.83. The number of aliphatic imine (C=N–C) groups is 1. The van der Waals surface area contributed by atoms with E-state index in [4.69, 9.17) is 0 Å². The first kappa shape index (κ1) is 19.4. The molecule has 0 saturated heterocycles. The number of hydrogen-bond donors (Lipinski definition) is 2. The van der Waals surface area contributed by atoms with Crippen molar-refractivity contribution in [1.29, 1.82) is 0 Å². The van der Waals surface area contributed by atoms with Crippen LogP contribution < -0.4 is 10.6 Å². The van der Waals surface area contributed by atoms with Crippen molar-refractivity contribution in [2.75, 3.05) is 13.6 Å². The van der Waals surface area contributed by atoms with Crippen molar-refractivity contribution in [3.63, 3.8) is 0 Å². The normalized spacial score (nSPS) is 19.0. The number of nitrogens with one attached hydrogen (secondary N) is 2. The van der Waals surface area contributed by atoms with Crippen LogP contribution in [0.3, 0.4) is 0 Å². The minimum Gasteiger partial charge on any atom is -0.356 e. The second-order valence-corrected chi connectivity index (χ2v) is 6.83. The van der Waals surface area contributed by atoms with E-state index in [0.717, 1.165) is 30.4 Å². The van der Waals surface area contributed by atoms with Crippen LogP contribution in [0.4, 0.5) is 8.78 Å². The van der Waals surface area contributed by atoms with Crippen molar-refractivity contribution in [2.24, 2.45) is 22.7 Å². The topological polar surface area (TPSA) is 36.4 Å². The van der Waals surface area contributed by atoms with Crippen LogP contribution >= 0.6 is 24.0 Å². The number of benzene rings is 1. The highest BCUT2D eigenvalue weighted by Gasteiger charge is 2.41. The van der Waals surface area contributed by atoms with Crippen LogP contribution in [-0.4, -0.2) is 19.6 Å². The maximum atomic E-state index is 13.4. The Morgan fingerprint density at radius 3 is 2.29 bits per heavy atom. The van der Waals surface area contributed by atoms with Gasteiger partial charge in [-0.15, -0.1) is 24.0 Å². The van der Waals surface area contributed by atoms with Gasteiger partial charge in [-0.1, -0.05) is 6.07 Å². The van der Waals surface area contributed by atoms with Crippen molar-refractivity contribution in [3.8, 4) is 0 Å². The molecule has 134 valence electrons. The van der Waals surface area contributed by atoms with Crippen LogP contribution in [0.5, 0.6) is 0 Å². The first-order valence-electron chi connectivity index (χ1n) is 8.50. The smallest absolute Gasteiger partial charge is 0.191 e. The lowest BCUT2D eigenvalue weighted by atomic mass is 9.98. The highest BCUT2D eigenvalue weighted by Crippen LogP contribution is 2.48. The fourth-order valence-corrected chi connectivity index (χ4v) is 3.25. The predicted octanol–water partition coefficient (Wildman–Crippen LogP) is 4.25. The first-order chi connectivity index (χ1) is 11.1. The van der Waals surface area contributed by atoms with Gasteiger partial charge in [0.1, 0.15) is 0 Å². The number of nitrogens with zero attached hydrogens (tertiary/aromatic N) is 1. The lowest BCUT2D eigenvalue weighted by Gasteiger charge is -2.21. The molecule has 2 N–H and O–H groups in total. The fraction of sp³-hybridized carbons (Fsp3) is 0.611. The third kappa shape index (κ3) is 5.04. The monoisotopic (exact) mass is 449 g/mol. The van der Waals surface area contributed by atoms with Gasteiger partial charge in [0.05, 0.1) is 6.04 Å². The minimum atomic E-state index is -0.819. The van der Waals surface area contributed by atoms with Gasteiger partial charge >= 0.3 is 0 Å². The molecule has 0 aromatic heterocycles. The van der Waals surface area contributed by atoms with Gasteiger partial charge in [-0.25, -0.2) is 8.78 Å². The number of rotatable bonds is 6. The van der Waals surface area contributed by atoms with Crippen LogP contribution in [-0.2, 0) is 0 Å². The molecule has 2 fully saturated rings. The molecule has 0 spiro atoms.